The van der Waals surface area contributed by atoms with Gasteiger partial charge in [0.1, 0.15) is 11.6 Å². The van der Waals surface area contributed by atoms with Crippen LogP contribution in [-0.2, 0) is 11.2 Å². The van der Waals surface area contributed by atoms with Crippen LogP contribution in [0.1, 0.15) is 36.8 Å². The van der Waals surface area contributed by atoms with Crippen molar-refractivity contribution >= 4 is 11.6 Å². The second-order valence-corrected chi connectivity index (χ2v) is 11.4. The molecule has 1 amide bonds. The second-order valence-electron chi connectivity index (χ2n) is 11.4. The van der Waals surface area contributed by atoms with Crippen LogP contribution in [0.3, 0.4) is 0 Å². The number of hydrogen-bond acceptors (Lipinski definition) is 3. The molecule has 0 saturated carbocycles. The first-order valence-corrected chi connectivity index (χ1v) is 14.7. The normalized spacial score (nSPS) is 20.9. The van der Waals surface area contributed by atoms with Gasteiger partial charge in [-0.05, 0) is 72.1 Å². The molecule has 0 radical (unpaired) electrons. The Kier molecular flexibility index (Phi) is 8.04. The van der Waals surface area contributed by atoms with Gasteiger partial charge >= 0.3 is 0 Å². The highest BCUT2D eigenvalue weighted by molar-refractivity contribution is 5.81. The molecule has 5 heteroatoms. The lowest BCUT2D eigenvalue weighted by molar-refractivity contribution is -0.128. The lowest BCUT2D eigenvalue weighted by atomic mass is 9.74. The number of carbonyl (C=O) groups is 1. The van der Waals surface area contributed by atoms with Crippen LogP contribution in [0.25, 0.3) is 11.1 Å². The van der Waals surface area contributed by atoms with Crippen molar-refractivity contribution in [3.05, 3.63) is 120 Å². The largest absolute Gasteiger partial charge is 0.480 e. The first kappa shape index (κ1) is 27.1. The fourth-order valence-electron chi connectivity index (χ4n) is 6.53. The minimum atomic E-state index is -0.447. The number of piperidine rings is 1. The molecule has 41 heavy (non-hydrogen) atoms. The molecular weight excluding hydrogens is 511 g/mol. The third kappa shape index (κ3) is 6.00. The number of para-hydroxylation sites is 1. The van der Waals surface area contributed by atoms with Crippen LogP contribution in [0.2, 0.25) is 0 Å². The smallest absolute Gasteiger partial charge is 0.261 e. The molecule has 210 valence electrons. The molecule has 0 spiro atoms. The van der Waals surface area contributed by atoms with Gasteiger partial charge in [0.15, 0.2) is 6.10 Å². The fraction of sp³-hybridized carbons (Fsp3) is 0.306. The Morgan fingerprint density at radius 2 is 1.68 bits per heavy atom. The van der Waals surface area contributed by atoms with Gasteiger partial charge < -0.3 is 15.0 Å². The number of ether oxygens (including phenoxy) is 1. The van der Waals surface area contributed by atoms with Gasteiger partial charge in [-0.25, -0.2) is 4.39 Å². The average Bonchev–Trinajstić information content (AvgIpc) is 3.03. The summed E-state index contributed by atoms with van der Waals surface area (Å²) in [7, 11) is 0. The Balaban J connectivity index is 1.14. The molecule has 0 aromatic heterocycles. The maximum atomic E-state index is 15.3. The van der Waals surface area contributed by atoms with E-state index in [1.54, 1.807) is 6.07 Å². The zero-order valence-corrected chi connectivity index (χ0v) is 23.5. The lowest BCUT2D eigenvalue weighted by Crippen LogP contribution is -2.46. The number of amides is 1. The zero-order valence-electron chi connectivity index (χ0n) is 23.5. The number of fused-ring (bicyclic) bond motifs is 1. The Morgan fingerprint density at radius 3 is 2.46 bits per heavy atom. The van der Waals surface area contributed by atoms with Crippen LogP contribution in [0, 0.1) is 17.7 Å². The van der Waals surface area contributed by atoms with Crippen molar-refractivity contribution in [3.63, 3.8) is 0 Å². The quantitative estimate of drug-likeness (QED) is 0.265. The first-order valence-electron chi connectivity index (χ1n) is 14.7. The van der Waals surface area contributed by atoms with Crippen molar-refractivity contribution in [2.75, 3.05) is 24.5 Å². The maximum Gasteiger partial charge on any atom is 0.261 e. The molecule has 1 fully saturated rings. The number of aryl methyl sites for hydroxylation is 1. The molecule has 0 aliphatic carbocycles. The van der Waals surface area contributed by atoms with Crippen molar-refractivity contribution < 1.29 is 13.9 Å². The molecule has 2 heterocycles. The van der Waals surface area contributed by atoms with E-state index in [2.05, 4.69) is 47.5 Å². The molecule has 1 saturated heterocycles. The molecule has 4 atom stereocenters. The van der Waals surface area contributed by atoms with E-state index in [-0.39, 0.29) is 23.6 Å². The van der Waals surface area contributed by atoms with Crippen molar-refractivity contribution in [1.82, 2.24) is 5.32 Å². The Labute approximate surface area is 242 Å². The van der Waals surface area contributed by atoms with Gasteiger partial charge in [-0.1, -0.05) is 85.8 Å². The Hall–Kier alpha value is -4.12. The van der Waals surface area contributed by atoms with Crippen LogP contribution in [0.5, 0.6) is 5.75 Å². The highest BCUT2D eigenvalue weighted by Gasteiger charge is 2.35. The summed E-state index contributed by atoms with van der Waals surface area (Å²) in [6, 6.07) is 33.9. The molecule has 4 nitrogen and oxygen atoms in total. The van der Waals surface area contributed by atoms with Gasteiger partial charge in [0.05, 0.1) is 0 Å². The van der Waals surface area contributed by atoms with Gasteiger partial charge in [0.2, 0.25) is 0 Å². The Bertz CT molecular complexity index is 1480. The first-order chi connectivity index (χ1) is 20.1. The minimum absolute atomic E-state index is 0.0333. The van der Waals surface area contributed by atoms with E-state index in [9.17, 15) is 4.79 Å². The fourth-order valence-corrected chi connectivity index (χ4v) is 6.53. The summed E-state index contributed by atoms with van der Waals surface area (Å²) in [5.74, 6) is 1.52. The Morgan fingerprint density at radius 1 is 0.951 bits per heavy atom. The monoisotopic (exact) mass is 548 g/mol. The van der Waals surface area contributed by atoms with E-state index in [1.165, 1.54) is 5.56 Å². The van der Waals surface area contributed by atoms with Crippen LogP contribution < -0.4 is 15.0 Å². The van der Waals surface area contributed by atoms with Crippen molar-refractivity contribution in [2.45, 2.75) is 38.2 Å². The summed E-state index contributed by atoms with van der Waals surface area (Å²) in [6.45, 7) is 4.50. The van der Waals surface area contributed by atoms with Crippen LogP contribution in [0.4, 0.5) is 10.1 Å². The molecule has 4 aromatic carbocycles. The number of nitrogens with zero attached hydrogens (tertiary/aromatic N) is 1. The predicted octanol–water partition coefficient (Wildman–Crippen LogP) is 7.25. The summed E-state index contributed by atoms with van der Waals surface area (Å²) < 4.78 is 21.3. The topological polar surface area (TPSA) is 41.6 Å². The molecule has 4 aromatic rings. The van der Waals surface area contributed by atoms with Crippen molar-refractivity contribution in [3.8, 4) is 16.9 Å². The van der Waals surface area contributed by atoms with Crippen LogP contribution >= 0.6 is 0 Å². The van der Waals surface area contributed by atoms with E-state index in [0.29, 0.717) is 24.4 Å². The van der Waals surface area contributed by atoms with Crippen molar-refractivity contribution in [2.24, 2.45) is 11.8 Å². The molecular formula is C36H37FN2O2. The third-order valence-corrected chi connectivity index (χ3v) is 8.84. The lowest BCUT2D eigenvalue weighted by Gasteiger charge is -2.43. The van der Waals surface area contributed by atoms with Crippen molar-refractivity contribution in [1.29, 1.82) is 0 Å². The molecule has 0 bridgehead atoms. The number of halogens is 1. The van der Waals surface area contributed by atoms with E-state index < -0.39 is 6.10 Å². The number of anilines is 1. The number of rotatable bonds is 7. The van der Waals surface area contributed by atoms with E-state index in [4.69, 9.17) is 4.74 Å². The van der Waals surface area contributed by atoms with Crippen LogP contribution in [-0.4, -0.2) is 31.6 Å². The molecule has 2 aliphatic rings. The van der Waals surface area contributed by atoms with E-state index >= 15 is 4.39 Å². The molecule has 2 aliphatic heterocycles. The summed E-state index contributed by atoms with van der Waals surface area (Å²) >= 11 is 0. The predicted molar refractivity (Wildman–Crippen MR) is 163 cm³/mol. The summed E-state index contributed by atoms with van der Waals surface area (Å²) in [5, 5.41) is 3.20. The van der Waals surface area contributed by atoms with Gasteiger partial charge in [-0.3, -0.25) is 4.79 Å². The SMILES string of the molecule is CC(CNC(=O)C1CCc2ccccc2O1)C1CCN(c2ccc(-c3ccccc3)c(F)c2)CC1c1ccccc1. The average molecular weight is 549 g/mol. The zero-order chi connectivity index (χ0) is 28.2. The maximum absolute atomic E-state index is 15.3. The number of hydrogen-bond donors (Lipinski definition) is 1. The van der Waals surface area contributed by atoms with E-state index in [0.717, 1.165) is 48.5 Å². The summed E-state index contributed by atoms with van der Waals surface area (Å²) in [5.41, 5.74) is 4.87. The number of nitrogens with one attached hydrogen (secondary N) is 1. The molecule has 4 unspecified atom stereocenters. The second kappa shape index (κ2) is 12.2. The summed E-state index contributed by atoms with van der Waals surface area (Å²) in [4.78, 5) is 15.4. The molecule has 1 N–H and O–H groups in total. The van der Waals surface area contributed by atoms with Gasteiger partial charge in [0.25, 0.3) is 5.91 Å². The summed E-state index contributed by atoms with van der Waals surface area (Å²) in [6.07, 6.45) is 2.07. The van der Waals surface area contributed by atoms with Crippen LogP contribution in [0.15, 0.2) is 103 Å². The van der Waals surface area contributed by atoms with E-state index in [1.807, 2.05) is 66.7 Å². The third-order valence-electron chi connectivity index (χ3n) is 8.84. The standard InChI is InChI=1S/C36H37FN2O2/c1-25(23-38-36(40)35-19-16-28-14-8-9-15-34(28)41-35)30-20-21-39(24-32(30)27-12-6-3-7-13-27)29-17-18-31(33(37)22-29)26-10-4-2-5-11-26/h2-15,17-18,22,25,30,32,35H,16,19-21,23-24H2,1H3,(H,38,40). The van der Waals surface area contributed by atoms with Gasteiger partial charge in [0, 0.05) is 36.8 Å². The van der Waals surface area contributed by atoms with Gasteiger partial charge in [-0.2, -0.15) is 0 Å². The minimum Gasteiger partial charge on any atom is -0.480 e. The molecule has 6 rings (SSSR count). The van der Waals surface area contributed by atoms with Gasteiger partial charge in [-0.15, -0.1) is 0 Å². The number of carbonyl (C=O) groups excluding carboxylic acids is 1. The highest BCUT2D eigenvalue weighted by atomic mass is 19.1. The number of benzene rings is 4. The highest BCUT2D eigenvalue weighted by Crippen LogP contribution is 2.39.